The van der Waals surface area contributed by atoms with Crippen molar-refractivity contribution in [2.45, 2.75) is 31.1 Å². The van der Waals surface area contributed by atoms with Gasteiger partial charge in [-0.15, -0.1) is 0 Å². The Hall–Kier alpha value is -1.01. The van der Waals surface area contributed by atoms with E-state index in [0.29, 0.717) is 11.1 Å². The van der Waals surface area contributed by atoms with E-state index in [1.165, 1.54) is 17.3 Å². The van der Waals surface area contributed by atoms with Crippen LogP contribution in [0, 0.1) is 5.41 Å². The molecular weight excluding hydrogens is 292 g/mol. The molecule has 0 unspecified atom stereocenters. The SMILES string of the molecule is CC(C)c1ccccc1N1C(=N)S[C@H]2CS(=O)(=O)C[C@H]21. The zero-order valence-electron chi connectivity index (χ0n) is 11.5. The molecule has 2 aliphatic heterocycles. The van der Waals surface area contributed by atoms with E-state index in [-0.39, 0.29) is 22.8 Å². The predicted octanol–water partition coefficient (Wildman–Crippen LogP) is 2.46. The Morgan fingerprint density at radius 1 is 1.30 bits per heavy atom. The molecule has 2 atom stereocenters. The van der Waals surface area contributed by atoms with Gasteiger partial charge in [-0.2, -0.15) is 0 Å². The molecule has 6 heteroatoms. The minimum atomic E-state index is -2.96. The molecule has 108 valence electrons. The van der Waals surface area contributed by atoms with E-state index in [0.717, 1.165) is 5.69 Å². The summed E-state index contributed by atoms with van der Waals surface area (Å²) in [6.45, 7) is 4.24. The molecule has 3 rings (SSSR count). The molecule has 0 bridgehead atoms. The number of para-hydroxylation sites is 1. The first-order valence-corrected chi connectivity index (χ1v) is 9.43. The fraction of sp³-hybridized carbons (Fsp3) is 0.500. The summed E-state index contributed by atoms with van der Waals surface area (Å²) in [6, 6.07) is 7.93. The number of anilines is 1. The Balaban J connectivity index is 2.04. The standard InChI is InChI=1S/C14H18N2O2S2/c1-9(2)10-5-3-4-6-11(10)16-12-7-20(17,18)8-13(12)19-14(16)15/h3-6,9,12-13,15H,7-8H2,1-2H3/t12-,13+/m1/s1. The van der Waals surface area contributed by atoms with Crippen molar-refractivity contribution in [1.82, 2.24) is 0 Å². The zero-order chi connectivity index (χ0) is 14.5. The fourth-order valence-corrected chi connectivity index (χ4v) is 6.77. The summed E-state index contributed by atoms with van der Waals surface area (Å²) < 4.78 is 23.7. The predicted molar refractivity (Wildman–Crippen MR) is 84.6 cm³/mol. The van der Waals surface area contributed by atoms with E-state index in [2.05, 4.69) is 19.9 Å². The molecule has 2 aliphatic rings. The summed E-state index contributed by atoms with van der Waals surface area (Å²) in [5.74, 6) is 0.714. The van der Waals surface area contributed by atoms with Crippen LogP contribution in [0.1, 0.15) is 25.3 Å². The van der Waals surface area contributed by atoms with E-state index in [4.69, 9.17) is 5.41 Å². The molecule has 0 saturated carbocycles. The number of thioether (sulfide) groups is 1. The molecular formula is C14H18N2O2S2. The monoisotopic (exact) mass is 310 g/mol. The van der Waals surface area contributed by atoms with Crippen LogP contribution in [0.4, 0.5) is 5.69 Å². The van der Waals surface area contributed by atoms with Gasteiger partial charge in [0, 0.05) is 10.9 Å². The van der Waals surface area contributed by atoms with Gasteiger partial charge in [-0.05, 0) is 17.5 Å². The Morgan fingerprint density at radius 3 is 2.70 bits per heavy atom. The molecule has 0 aliphatic carbocycles. The van der Waals surface area contributed by atoms with Crippen LogP contribution in [0.25, 0.3) is 0 Å². The largest absolute Gasteiger partial charge is 0.316 e. The zero-order valence-corrected chi connectivity index (χ0v) is 13.2. The van der Waals surface area contributed by atoms with Gasteiger partial charge in [-0.1, -0.05) is 43.8 Å². The second kappa shape index (κ2) is 4.77. The maximum atomic E-state index is 11.8. The van der Waals surface area contributed by atoms with Crippen LogP contribution in [0.15, 0.2) is 24.3 Å². The smallest absolute Gasteiger partial charge is 0.161 e. The van der Waals surface area contributed by atoms with Crippen LogP contribution in [-0.4, -0.2) is 36.4 Å². The van der Waals surface area contributed by atoms with E-state index in [1.807, 2.05) is 23.1 Å². The highest BCUT2D eigenvalue weighted by Crippen LogP contribution is 2.42. The summed E-state index contributed by atoms with van der Waals surface area (Å²) in [7, 11) is -2.96. The lowest BCUT2D eigenvalue weighted by Crippen LogP contribution is -2.37. The summed E-state index contributed by atoms with van der Waals surface area (Å²) in [6.07, 6.45) is 0. The number of hydrogen-bond donors (Lipinski definition) is 1. The molecule has 2 fully saturated rings. The van der Waals surface area contributed by atoms with E-state index >= 15 is 0 Å². The van der Waals surface area contributed by atoms with Crippen molar-refractivity contribution in [3.63, 3.8) is 0 Å². The van der Waals surface area contributed by atoms with Crippen LogP contribution in [0.2, 0.25) is 0 Å². The molecule has 2 heterocycles. The number of benzene rings is 1. The Labute approximate surface area is 124 Å². The second-order valence-corrected chi connectivity index (χ2v) is 9.07. The molecule has 1 aromatic carbocycles. The molecule has 1 aromatic rings. The number of rotatable bonds is 2. The van der Waals surface area contributed by atoms with Gasteiger partial charge in [0.15, 0.2) is 15.0 Å². The van der Waals surface area contributed by atoms with E-state index < -0.39 is 9.84 Å². The van der Waals surface area contributed by atoms with Crippen LogP contribution in [0.5, 0.6) is 0 Å². The number of nitrogens with one attached hydrogen (secondary N) is 1. The lowest BCUT2D eigenvalue weighted by atomic mass is 10.00. The highest BCUT2D eigenvalue weighted by Gasteiger charge is 2.49. The van der Waals surface area contributed by atoms with Crippen molar-refractivity contribution >= 4 is 32.5 Å². The van der Waals surface area contributed by atoms with Crippen molar-refractivity contribution in [3.8, 4) is 0 Å². The van der Waals surface area contributed by atoms with Crippen LogP contribution in [-0.2, 0) is 9.84 Å². The van der Waals surface area contributed by atoms with Gasteiger partial charge in [0.2, 0.25) is 0 Å². The number of fused-ring (bicyclic) bond motifs is 1. The third-order valence-corrected chi connectivity index (χ3v) is 7.03. The first kappa shape index (κ1) is 13.9. The molecule has 4 nitrogen and oxygen atoms in total. The minimum absolute atomic E-state index is 0.00715. The quantitative estimate of drug-likeness (QED) is 0.911. The summed E-state index contributed by atoms with van der Waals surface area (Å²) in [4.78, 5) is 1.93. The molecule has 0 spiro atoms. The van der Waals surface area contributed by atoms with Crippen molar-refractivity contribution in [1.29, 1.82) is 5.41 Å². The second-order valence-electron chi connectivity index (χ2n) is 5.69. The average molecular weight is 310 g/mol. The van der Waals surface area contributed by atoms with Crippen LogP contribution < -0.4 is 4.90 Å². The number of nitrogens with zero attached hydrogens (tertiary/aromatic N) is 1. The third-order valence-electron chi connectivity index (χ3n) is 3.90. The normalized spacial score (nSPS) is 28.1. The van der Waals surface area contributed by atoms with Gasteiger partial charge >= 0.3 is 0 Å². The molecule has 0 aromatic heterocycles. The summed E-state index contributed by atoms with van der Waals surface area (Å²) in [5.41, 5.74) is 2.16. The maximum Gasteiger partial charge on any atom is 0.161 e. The summed E-state index contributed by atoms with van der Waals surface area (Å²) in [5, 5.41) is 8.68. The summed E-state index contributed by atoms with van der Waals surface area (Å²) >= 11 is 1.39. The number of amidine groups is 1. The number of sulfone groups is 1. The van der Waals surface area contributed by atoms with Crippen LogP contribution in [0.3, 0.4) is 0 Å². The van der Waals surface area contributed by atoms with Gasteiger partial charge in [0.25, 0.3) is 0 Å². The molecule has 0 amide bonds. The minimum Gasteiger partial charge on any atom is -0.316 e. The van der Waals surface area contributed by atoms with Crippen LogP contribution >= 0.6 is 11.8 Å². The van der Waals surface area contributed by atoms with Gasteiger partial charge < -0.3 is 4.90 Å². The van der Waals surface area contributed by atoms with Crippen molar-refractivity contribution in [3.05, 3.63) is 29.8 Å². The molecule has 1 N–H and O–H groups in total. The van der Waals surface area contributed by atoms with E-state index in [1.54, 1.807) is 0 Å². The lowest BCUT2D eigenvalue weighted by molar-refractivity contribution is 0.601. The van der Waals surface area contributed by atoms with Gasteiger partial charge in [0.05, 0.1) is 17.5 Å². The number of hydrogen-bond acceptors (Lipinski definition) is 4. The molecule has 0 radical (unpaired) electrons. The molecule has 2 saturated heterocycles. The fourth-order valence-electron chi connectivity index (χ4n) is 2.98. The topological polar surface area (TPSA) is 61.2 Å². The van der Waals surface area contributed by atoms with Crippen molar-refractivity contribution in [2.75, 3.05) is 16.4 Å². The first-order chi connectivity index (χ1) is 9.39. The lowest BCUT2D eigenvalue weighted by Gasteiger charge is -2.27. The van der Waals surface area contributed by atoms with E-state index in [9.17, 15) is 8.42 Å². The third kappa shape index (κ3) is 2.24. The Morgan fingerprint density at radius 2 is 2.00 bits per heavy atom. The van der Waals surface area contributed by atoms with Gasteiger partial charge in [-0.3, -0.25) is 5.41 Å². The molecule has 20 heavy (non-hydrogen) atoms. The maximum absolute atomic E-state index is 11.8. The van der Waals surface area contributed by atoms with Gasteiger partial charge in [0.1, 0.15) is 0 Å². The van der Waals surface area contributed by atoms with Crippen molar-refractivity contribution in [2.24, 2.45) is 0 Å². The first-order valence-electron chi connectivity index (χ1n) is 6.73. The Bertz CT molecular complexity index is 655. The highest BCUT2D eigenvalue weighted by molar-refractivity contribution is 8.15. The Kier molecular flexibility index (Phi) is 3.33. The highest BCUT2D eigenvalue weighted by atomic mass is 32.2. The van der Waals surface area contributed by atoms with Gasteiger partial charge in [-0.25, -0.2) is 8.42 Å². The average Bonchev–Trinajstić information content (AvgIpc) is 2.79. The van der Waals surface area contributed by atoms with Crippen molar-refractivity contribution < 1.29 is 8.42 Å².